The van der Waals surface area contributed by atoms with E-state index >= 15 is 0 Å². The highest BCUT2D eigenvalue weighted by Gasteiger charge is 2.13. The van der Waals surface area contributed by atoms with E-state index in [1.54, 1.807) is 25.1 Å². The van der Waals surface area contributed by atoms with E-state index in [1.807, 2.05) is 12.1 Å². The first-order chi connectivity index (χ1) is 7.66. The summed E-state index contributed by atoms with van der Waals surface area (Å²) in [5.74, 6) is 3.32. The quantitative estimate of drug-likeness (QED) is 0.402. The minimum absolute atomic E-state index is 0.150. The molecule has 0 aromatic heterocycles. The Morgan fingerprint density at radius 1 is 1.44 bits per heavy atom. The number of ketones is 1. The van der Waals surface area contributed by atoms with Gasteiger partial charge in [-0.25, -0.2) is 0 Å². The zero-order valence-corrected chi connectivity index (χ0v) is 9.41. The Bertz CT molecular complexity index is 480. The van der Waals surface area contributed by atoms with Crippen LogP contribution < -0.4 is 4.74 Å². The van der Waals surface area contributed by atoms with Crippen LogP contribution in [-0.2, 0) is 6.42 Å². The molecule has 0 unspecified atom stereocenters. The van der Waals surface area contributed by atoms with Gasteiger partial charge in [0.15, 0.2) is 0 Å². The highest BCUT2D eigenvalue weighted by atomic mass is 16.5. The van der Waals surface area contributed by atoms with Crippen LogP contribution in [0.4, 0.5) is 0 Å². The Labute approximate surface area is 95.0 Å². The van der Waals surface area contributed by atoms with Gasteiger partial charge in [-0.1, -0.05) is 0 Å². The van der Waals surface area contributed by atoms with Crippen LogP contribution in [0.1, 0.15) is 15.9 Å². The SMILES string of the molecule is CN(C)C#CC(=O)c1ccc2c(c1)CCO2. The van der Waals surface area contributed by atoms with Gasteiger partial charge in [-0.3, -0.25) is 4.79 Å². The van der Waals surface area contributed by atoms with Crippen LogP contribution in [0.5, 0.6) is 5.75 Å². The van der Waals surface area contributed by atoms with Crippen LogP contribution in [0, 0.1) is 12.0 Å². The first-order valence-electron chi connectivity index (χ1n) is 5.16. The molecule has 0 spiro atoms. The number of Topliss-reactive ketones (excluding diaryl/α,β-unsaturated/α-hetero) is 1. The lowest BCUT2D eigenvalue weighted by atomic mass is 10.1. The van der Waals surface area contributed by atoms with Crippen LogP contribution >= 0.6 is 0 Å². The maximum atomic E-state index is 11.7. The van der Waals surface area contributed by atoms with E-state index in [1.165, 1.54) is 0 Å². The standard InChI is InChI=1S/C13H13NO2/c1-14(2)7-5-12(15)10-3-4-13-11(9-10)6-8-16-13/h3-4,9H,6,8H2,1-2H3. The third-order valence-corrected chi connectivity index (χ3v) is 2.34. The van der Waals surface area contributed by atoms with Gasteiger partial charge in [0, 0.05) is 32.1 Å². The second-order valence-corrected chi connectivity index (χ2v) is 3.88. The molecule has 1 aliphatic heterocycles. The van der Waals surface area contributed by atoms with Crippen LogP contribution in [0.25, 0.3) is 0 Å². The molecule has 2 rings (SSSR count). The molecule has 0 saturated carbocycles. The van der Waals surface area contributed by atoms with Gasteiger partial charge < -0.3 is 9.64 Å². The summed E-state index contributed by atoms with van der Waals surface area (Å²) in [6.07, 6.45) is 0.873. The van der Waals surface area contributed by atoms with Crippen LogP contribution in [0.3, 0.4) is 0 Å². The summed E-state index contributed by atoms with van der Waals surface area (Å²) in [4.78, 5) is 13.4. The van der Waals surface area contributed by atoms with E-state index in [4.69, 9.17) is 4.74 Å². The molecule has 3 nitrogen and oxygen atoms in total. The molecule has 1 aromatic carbocycles. The van der Waals surface area contributed by atoms with E-state index in [9.17, 15) is 4.79 Å². The average molecular weight is 215 g/mol. The van der Waals surface area contributed by atoms with E-state index in [0.29, 0.717) is 12.2 Å². The second kappa shape index (κ2) is 4.28. The van der Waals surface area contributed by atoms with Gasteiger partial charge in [0.25, 0.3) is 0 Å². The number of ether oxygens (including phenoxy) is 1. The highest BCUT2D eigenvalue weighted by Crippen LogP contribution is 2.25. The van der Waals surface area contributed by atoms with Gasteiger partial charge in [0.2, 0.25) is 5.78 Å². The summed E-state index contributed by atoms with van der Waals surface area (Å²) >= 11 is 0. The third-order valence-electron chi connectivity index (χ3n) is 2.34. The van der Waals surface area contributed by atoms with Crippen molar-refractivity contribution in [1.82, 2.24) is 4.90 Å². The normalized spacial score (nSPS) is 12.1. The molecular formula is C13H13NO2. The molecular weight excluding hydrogens is 202 g/mol. The van der Waals surface area contributed by atoms with Gasteiger partial charge in [0.05, 0.1) is 6.61 Å². The predicted molar refractivity (Wildman–Crippen MR) is 61.4 cm³/mol. The fourth-order valence-electron chi connectivity index (χ4n) is 1.56. The highest BCUT2D eigenvalue weighted by molar-refractivity contribution is 6.09. The minimum atomic E-state index is -0.150. The number of hydrogen-bond donors (Lipinski definition) is 0. The number of carbonyl (C=O) groups excluding carboxylic acids is 1. The smallest absolute Gasteiger partial charge is 0.237 e. The van der Waals surface area contributed by atoms with Crippen molar-refractivity contribution in [2.24, 2.45) is 0 Å². The zero-order chi connectivity index (χ0) is 11.5. The van der Waals surface area contributed by atoms with Crippen LogP contribution in [0.2, 0.25) is 0 Å². The number of carbonyl (C=O) groups is 1. The van der Waals surface area contributed by atoms with Crippen LogP contribution in [-0.4, -0.2) is 31.4 Å². The molecule has 0 bridgehead atoms. The Hall–Kier alpha value is -1.95. The van der Waals surface area contributed by atoms with E-state index in [2.05, 4.69) is 12.0 Å². The van der Waals surface area contributed by atoms with E-state index in [0.717, 1.165) is 17.7 Å². The van der Waals surface area contributed by atoms with Crippen molar-refractivity contribution < 1.29 is 9.53 Å². The molecule has 1 aromatic rings. The van der Waals surface area contributed by atoms with Crippen molar-refractivity contribution in [2.75, 3.05) is 20.7 Å². The molecule has 3 heteroatoms. The van der Waals surface area contributed by atoms with Crippen molar-refractivity contribution in [3.63, 3.8) is 0 Å². The molecule has 16 heavy (non-hydrogen) atoms. The molecule has 1 heterocycles. The lowest BCUT2D eigenvalue weighted by Gasteiger charge is -2.00. The first-order valence-corrected chi connectivity index (χ1v) is 5.16. The topological polar surface area (TPSA) is 29.5 Å². The predicted octanol–water partition coefficient (Wildman–Crippen LogP) is 1.33. The van der Waals surface area contributed by atoms with Gasteiger partial charge in [-0.2, -0.15) is 0 Å². The van der Waals surface area contributed by atoms with Crippen molar-refractivity contribution in [1.29, 1.82) is 0 Å². The van der Waals surface area contributed by atoms with Gasteiger partial charge in [-0.15, -0.1) is 0 Å². The van der Waals surface area contributed by atoms with Crippen molar-refractivity contribution in [3.8, 4) is 17.7 Å². The maximum absolute atomic E-state index is 11.7. The molecule has 0 N–H and O–H groups in total. The summed E-state index contributed by atoms with van der Waals surface area (Å²) < 4.78 is 5.38. The Kier molecular flexibility index (Phi) is 2.82. The number of benzene rings is 1. The van der Waals surface area contributed by atoms with Gasteiger partial charge in [0.1, 0.15) is 5.75 Å². The summed E-state index contributed by atoms with van der Waals surface area (Å²) in [7, 11) is 3.60. The number of fused-ring (bicyclic) bond motifs is 1. The van der Waals surface area contributed by atoms with E-state index < -0.39 is 0 Å². The van der Waals surface area contributed by atoms with E-state index in [-0.39, 0.29) is 5.78 Å². The number of hydrogen-bond acceptors (Lipinski definition) is 3. The fourth-order valence-corrected chi connectivity index (χ4v) is 1.56. The van der Waals surface area contributed by atoms with Crippen molar-refractivity contribution in [3.05, 3.63) is 29.3 Å². The van der Waals surface area contributed by atoms with Crippen molar-refractivity contribution in [2.45, 2.75) is 6.42 Å². The first kappa shape index (κ1) is 10.6. The molecule has 0 aliphatic carbocycles. The Morgan fingerprint density at radius 3 is 3.00 bits per heavy atom. The number of nitrogens with zero attached hydrogens (tertiary/aromatic N) is 1. The summed E-state index contributed by atoms with van der Waals surface area (Å²) in [6, 6.07) is 8.18. The Balaban J connectivity index is 2.23. The molecule has 0 amide bonds. The fraction of sp³-hybridized carbons (Fsp3) is 0.308. The molecule has 82 valence electrons. The average Bonchev–Trinajstić information content (AvgIpc) is 2.72. The number of rotatable bonds is 1. The molecule has 1 aliphatic rings. The summed E-state index contributed by atoms with van der Waals surface area (Å²) in [5, 5.41) is 0. The summed E-state index contributed by atoms with van der Waals surface area (Å²) in [5.41, 5.74) is 1.73. The molecule has 0 fully saturated rings. The third kappa shape index (κ3) is 2.17. The van der Waals surface area contributed by atoms with Gasteiger partial charge in [-0.05, 0) is 29.7 Å². The van der Waals surface area contributed by atoms with Crippen LogP contribution in [0.15, 0.2) is 18.2 Å². The lowest BCUT2D eigenvalue weighted by molar-refractivity contribution is 0.105. The van der Waals surface area contributed by atoms with Gasteiger partial charge >= 0.3 is 0 Å². The molecule has 0 atom stereocenters. The summed E-state index contributed by atoms with van der Waals surface area (Å²) in [6.45, 7) is 0.705. The molecule has 0 radical (unpaired) electrons. The Morgan fingerprint density at radius 2 is 2.25 bits per heavy atom. The second-order valence-electron chi connectivity index (χ2n) is 3.88. The largest absolute Gasteiger partial charge is 0.493 e. The van der Waals surface area contributed by atoms with Crippen molar-refractivity contribution >= 4 is 5.78 Å². The minimum Gasteiger partial charge on any atom is -0.493 e. The lowest BCUT2D eigenvalue weighted by Crippen LogP contribution is -2.03. The zero-order valence-electron chi connectivity index (χ0n) is 9.41. The monoisotopic (exact) mass is 215 g/mol. The molecule has 0 saturated heterocycles. The maximum Gasteiger partial charge on any atom is 0.237 e.